The lowest BCUT2D eigenvalue weighted by Crippen LogP contribution is -2.36. The Labute approximate surface area is 405 Å². The van der Waals surface area contributed by atoms with E-state index in [1.165, 1.54) is 11.1 Å². The standard InChI is InChI=1S/C74H10/c1-2-4-13(5-3-1)14-8-6-12(7-9-14)10-11-74-71-67-61-47-39-31-19-16-15-17-20(19)32-34-30-24(17)26-22-18(15)21-25-23(16)29-33(31)45(47)53-51-37(29)35(25)43-41-27(21)28(22)42-44-36(26)38(30)52-54-46(34)48(40(32)39)62(61)68(71)64(54)66-58(52)56(44)60-50(42)49(41)59-55(43)57(51)65(63(53)67)72(74)69(59)70(60)73(66)74/h1-9,71H. The van der Waals surface area contributed by atoms with E-state index < -0.39 is 5.41 Å². The minimum absolute atomic E-state index is 0.129. The third kappa shape index (κ3) is 1.60. The van der Waals surface area contributed by atoms with Crippen molar-refractivity contribution in [1.82, 2.24) is 0 Å². The topological polar surface area (TPSA) is 0 Å². The number of benzene rings is 20. The molecule has 30 aromatic rings. The molecule has 0 saturated heterocycles. The minimum Gasteiger partial charge on any atom is -0.0803 e. The molecule has 0 saturated carbocycles. The summed E-state index contributed by atoms with van der Waals surface area (Å²) in [7, 11) is 0. The van der Waals surface area contributed by atoms with Gasteiger partial charge in [-0.25, -0.2) is 0 Å². The van der Waals surface area contributed by atoms with E-state index in [-0.39, 0.29) is 5.92 Å². The van der Waals surface area contributed by atoms with Crippen LogP contribution in [0.15, 0.2) is 54.6 Å². The van der Waals surface area contributed by atoms with Gasteiger partial charge in [0.05, 0.1) is 5.41 Å². The smallest absolute Gasteiger partial charge is 0.0803 e. The lowest BCUT2D eigenvalue weighted by atomic mass is 9.57. The fourth-order valence-electron chi connectivity index (χ4n) is 24.9. The van der Waals surface area contributed by atoms with E-state index in [4.69, 9.17) is 0 Å². The van der Waals surface area contributed by atoms with Crippen molar-refractivity contribution in [3.63, 3.8) is 0 Å². The highest BCUT2D eigenvalue weighted by Gasteiger charge is 2.62. The molecule has 0 nitrogen and oxygen atoms in total. The van der Waals surface area contributed by atoms with Crippen LogP contribution in [-0.4, -0.2) is 0 Å². The van der Waals surface area contributed by atoms with Gasteiger partial charge in [-0.05, 0) is 336 Å². The van der Waals surface area contributed by atoms with Gasteiger partial charge in [0, 0.05) is 11.5 Å². The van der Waals surface area contributed by atoms with Gasteiger partial charge >= 0.3 is 0 Å². The van der Waals surface area contributed by atoms with Crippen LogP contribution in [0.3, 0.4) is 0 Å². The Hall–Kier alpha value is -9.54. The average molecular weight is 899 g/mol. The van der Waals surface area contributed by atoms with E-state index in [9.17, 15) is 0 Å². The van der Waals surface area contributed by atoms with E-state index in [2.05, 4.69) is 66.4 Å². The molecule has 0 atom stereocenters. The highest BCUT2D eigenvalue weighted by molar-refractivity contribution is 6.82. The van der Waals surface area contributed by atoms with E-state index in [0.717, 1.165) is 5.56 Å². The first kappa shape index (κ1) is 27.9. The molecule has 0 bridgehead atoms. The number of hydrogen-bond donors (Lipinski definition) is 0. The third-order valence-corrected chi connectivity index (χ3v) is 25.5. The Morgan fingerprint density at radius 1 is 0.216 bits per heavy atom. The van der Waals surface area contributed by atoms with E-state index >= 15 is 0 Å². The Morgan fingerprint density at radius 2 is 0.432 bits per heavy atom. The Bertz CT molecular complexity index is 7540. The monoisotopic (exact) mass is 898 g/mol. The molecule has 0 aliphatic heterocycles. The van der Waals surface area contributed by atoms with Crippen LogP contribution in [0.1, 0.15) is 33.7 Å². The van der Waals surface area contributed by atoms with Crippen molar-refractivity contribution in [2.45, 2.75) is 11.3 Å². The fourth-order valence-corrected chi connectivity index (χ4v) is 24.9. The summed E-state index contributed by atoms with van der Waals surface area (Å²) < 4.78 is 0. The second-order valence-corrected chi connectivity index (χ2v) is 26.3. The molecule has 30 aromatic carbocycles. The van der Waals surface area contributed by atoms with Crippen molar-refractivity contribution in [1.29, 1.82) is 0 Å². The summed E-state index contributed by atoms with van der Waals surface area (Å²) in [5.74, 6) is 8.93. The molecule has 34 rings (SSSR count). The fraction of sp³-hybridized carbons (Fsp3) is 0.0270. The second-order valence-electron chi connectivity index (χ2n) is 26.3. The van der Waals surface area contributed by atoms with Crippen molar-refractivity contribution >= 4 is 291 Å². The molecule has 306 valence electrons. The summed E-state index contributed by atoms with van der Waals surface area (Å²) >= 11 is 0. The predicted octanol–water partition coefficient (Wildman–Crippen LogP) is 19.9. The molecule has 74 heavy (non-hydrogen) atoms. The lowest BCUT2D eigenvalue weighted by Gasteiger charge is -2.41. The van der Waals surface area contributed by atoms with Crippen LogP contribution in [0.25, 0.3) is 302 Å². The summed E-state index contributed by atoms with van der Waals surface area (Å²) in [6.07, 6.45) is 0. The van der Waals surface area contributed by atoms with Crippen molar-refractivity contribution in [2.24, 2.45) is 0 Å². The lowest BCUT2D eigenvalue weighted by molar-refractivity contribution is 0.610. The summed E-state index contributed by atoms with van der Waals surface area (Å²) in [6.45, 7) is 0. The van der Waals surface area contributed by atoms with Crippen LogP contribution in [0, 0.1) is 11.8 Å². The van der Waals surface area contributed by atoms with Crippen LogP contribution in [-0.2, 0) is 5.41 Å². The molecule has 0 amide bonds. The summed E-state index contributed by atoms with van der Waals surface area (Å²) in [5, 5.41) is 88.4. The van der Waals surface area contributed by atoms with Gasteiger partial charge < -0.3 is 0 Å². The largest absolute Gasteiger partial charge is 0.0950 e. The van der Waals surface area contributed by atoms with Gasteiger partial charge in [-0.1, -0.05) is 54.3 Å². The molecule has 4 aliphatic rings. The molecule has 0 unspecified atom stereocenters. The maximum absolute atomic E-state index is 4.62. The molecular weight excluding hydrogens is 889 g/mol. The molecule has 0 fully saturated rings. The number of hydrogen-bond acceptors (Lipinski definition) is 0. The second kappa shape index (κ2) is 6.61. The first-order chi connectivity index (χ1) is 36.9. The predicted molar refractivity (Wildman–Crippen MR) is 314 cm³/mol. The maximum atomic E-state index is 4.62. The maximum Gasteiger partial charge on any atom is 0.0950 e. The van der Waals surface area contributed by atoms with Crippen LogP contribution >= 0.6 is 0 Å². The minimum atomic E-state index is -0.538. The molecular formula is C74H10. The van der Waals surface area contributed by atoms with Gasteiger partial charge in [-0.3, -0.25) is 0 Å². The zero-order valence-corrected chi connectivity index (χ0v) is 37.8. The van der Waals surface area contributed by atoms with Crippen molar-refractivity contribution in [3.8, 4) is 23.0 Å². The summed E-state index contributed by atoms with van der Waals surface area (Å²) in [5.41, 5.74) is 9.69. The van der Waals surface area contributed by atoms with Crippen molar-refractivity contribution in [3.05, 3.63) is 82.4 Å². The first-order valence-corrected chi connectivity index (χ1v) is 27.3. The van der Waals surface area contributed by atoms with Crippen molar-refractivity contribution < 1.29 is 0 Å². The van der Waals surface area contributed by atoms with Crippen molar-refractivity contribution in [2.75, 3.05) is 0 Å². The number of rotatable bonds is 1. The molecule has 0 radical (unpaired) electrons. The van der Waals surface area contributed by atoms with E-state index in [1.54, 1.807) is 313 Å². The molecule has 0 heterocycles. The highest BCUT2D eigenvalue weighted by Crippen LogP contribution is 2.83. The zero-order valence-electron chi connectivity index (χ0n) is 37.8. The average Bonchev–Trinajstić information content (AvgIpc) is 4.10. The molecule has 0 heteroatoms. The SMILES string of the molecule is C(#CC12c3c4c5c6c7c8c(c9c%10c1c1c3c3c%11c4c4c5c5c7c7c%12c8c8c9c9c%10c%10c1c1c3c3c%11c%11c4c4c5c7c5c7c%12c8c8c9c9c%10c1c1c3c3c%11c4c5c4c7c8c9c1c34)C62)c1ccc(-c2ccccc2)cc1. The van der Waals surface area contributed by atoms with Crippen LogP contribution in [0.4, 0.5) is 0 Å². The van der Waals surface area contributed by atoms with Crippen LogP contribution < -0.4 is 0 Å². The van der Waals surface area contributed by atoms with Gasteiger partial charge in [0.1, 0.15) is 0 Å². The molecule has 4 aliphatic carbocycles. The molecule has 0 spiro atoms. The van der Waals surface area contributed by atoms with E-state index in [1.807, 2.05) is 0 Å². The van der Waals surface area contributed by atoms with Gasteiger partial charge in [0.15, 0.2) is 0 Å². The summed E-state index contributed by atoms with van der Waals surface area (Å²) in [6, 6.07) is 20.2. The zero-order chi connectivity index (χ0) is 44.1. The van der Waals surface area contributed by atoms with Gasteiger partial charge in [0.25, 0.3) is 0 Å². The van der Waals surface area contributed by atoms with Crippen LogP contribution in [0.5, 0.6) is 0 Å². The van der Waals surface area contributed by atoms with E-state index in [0.29, 0.717) is 0 Å². The Balaban J connectivity index is 1.05. The Kier molecular flexibility index (Phi) is 2.49. The normalized spacial score (nSPS) is 20.0. The quantitative estimate of drug-likeness (QED) is 0.114. The van der Waals surface area contributed by atoms with Gasteiger partial charge in [-0.2, -0.15) is 0 Å². The Morgan fingerprint density at radius 3 is 0.716 bits per heavy atom. The summed E-state index contributed by atoms with van der Waals surface area (Å²) in [4.78, 5) is 0. The first-order valence-electron chi connectivity index (χ1n) is 27.3. The molecule has 0 aromatic heterocycles. The molecule has 0 N–H and O–H groups in total. The van der Waals surface area contributed by atoms with Gasteiger partial charge in [0.2, 0.25) is 0 Å². The van der Waals surface area contributed by atoms with Crippen LogP contribution in [0.2, 0.25) is 0 Å². The third-order valence-electron chi connectivity index (χ3n) is 25.5. The van der Waals surface area contributed by atoms with Gasteiger partial charge in [-0.15, -0.1) is 0 Å². The highest BCUT2D eigenvalue weighted by atomic mass is 14.6.